The molecule has 1 aromatic heterocycles. The van der Waals surface area contributed by atoms with Crippen LogP contribution in [0.25, 0.3) is 4.85 Å². The molecule has 3 unspecified atom stereocenters. The van der Waals surface area contributed by atoms with Crippen LogP contribution < -0.4 is 25.2 Å². The third-order valence-corrected chi connectivity index (χ3v) is 14.6. The van der Waals surface area contributed by atoms with Gasteiger partial charge >= 0.3 is 0 Å². The number of nitrogens with zero attached hydrogens (tertiary/aromatic N) is 6. The number of piperazine rings is 1. The lowest BCUT2D eigenvalue weighted by Crippen LogP contribution is -2.74. The van der Waals surface area contributed by atoms with Crippen molar-refractivity contribution < 1.29 is 28.3 Å². The van der Waals surface area contributed by atoms with Crippen LogP contribution in [-0.4, -0.2) is 101 Å². The van der Waals surface area contributed by atoms with Crippen LogP contribution >= 0.6 is 11.6 Å². The maximum Gasteiger partial charge on any atom is 0.255 e. The van der Waals surface area contributed by atoms with Gasteiger partial charge in [0.1, 0.15) is 29.5 Å². The maximum absolute atomic E-state index is 15.8. The van der Waals surface area contributed by atoms with Gasteiger partial charge in [-0.1, -0.05) is 45.4 Å². The van der Waals surface area contributed by atoms with E-state index in [4.69, 9.17) is 27.9 Å². The average Bonchev–Trinajstić information content (AvgIpc) is 3.68. The van der Waals surface area contributed by atoms with Gasteiger partial charge in [0.25, 0.3) is 11.8 Å². The van der Waals surface area contributed by atoms with Crippen molar-refractivity contribution >= 4 is 52.4 Å². The molecular weight excluding hydrogens is 799 g/mol. The van der Waals surface area contributed by atoms with Crippen LogP contribution in [0, 0.1) is 29.1 Å². The summed E-state index contributed by atoms with van der Waals surface area (Å²) in [6.45, 7) is 20.3. The summed E-state index contributed by atoms with van der Waals surface area (Å²) in [5.74, 6) is 0.237. The highest BCUT2D eigenvalue weighted by molar-refractivity contribution is 6.33. The van der Waals surface area contributed by atoms with Crippen LogP contribution in [0.5, 0.6) is 5.75 Å². The third kappa shape index (κ3) is 7.37. The summed E-state index contributed by atoms with van der Waals surface area (Å²) >= 11 is 6.26. The van der Waals surface area contributed by atoms with Crippen LogP contribution in [0.3, 0.4) is 0 Å². The Morgan fingerprint density at radius 3 is 2.36 bits per heavy atom. The SMILES string of the molecule is [C-]#[N+]c1ccc(OC2C(C)(C)C(NC(=O)c3ccc(N4CCC(CN5CC6CCC(C5)N6c5cc6c(cc5F)C(=O)N(C5CCC(=O)NC5=O)C6)CC4)nc3)C2(C)C)cc1Cl. The van der Waals surface area contributed by atoms with Crippen LogP contribution in [0.1, 0.15) is 92.5 Å². The van der Waals surface area contributed by atoms with Crippen LogP contribution in [0.15, 0.2) is 48.7 Å². The van der Waals surface area contributed by atoms with E-state index < -0.39 is 17.8 Å². The second-order valence-electron chi connectivity index (χ2n) is 19.0. The van der Waals surface area contributed by atoms with Gasteiger partial charge in [0, 0.05) is 86.4 Å². The number of piperidine rings is 2. The van der Waals surface area contributed by atoms with Gasteiger partial charge in [-0.2, -0.15) is 0 Å². The van der Waals surface area contributed by atoms with Gasteiger partial charge < -0.3 is 24.8 Å². The molecule has 2 aromatic carbocycles. The molecule has 13 nitrogen and oxygen atoms in total. The van der Waals surface area contributed by atoms with Crippen molar-refractivity contribution in [3.05, 3.63) is 87.6 Å². The third-order valence-electron chi connectivity index (χ3n) is 14.3. The van der Waals surface area contributed by atoms with E-state index in [0.717, 1.165) is 69.8 Å². The summed E-state index contributed by atoms with van der Waals surface area (Å²) in [5, 5.41) is 5.94. The Morgan fingerprint density at radius 2 is 1.72 bits per heavy atom. The van der Waals surface area contributed by atoms with E-state index >= 15 is 4.39 Å². The van der Waals surface area contributed by atoms with Crippen LogP contribution in [0.2, 0.25) is 5.02 Å². The summed E-state index contributed by atoms with van der Waals surface area (Å²) in [6.07, 6.45) is 5.94. The molecule has 6 heterocycles. The number of carbonyl (C=O) groups is 4. The highest BCUT2D eigenvalue weighted by atomic mass is 35.5. The molecule has 0 spiro atoms. The molecule has 2 N–H and O–H groups in total. The lowest BCUT2D eigenvalue weighted by molar-refractivity contribution is -0.164. The van der Waals surface area contributed by atoms with Crippen molar-refractivity contribution in [2.45, 2.75) is 103 Å². The largest absolute Gasteiger partial charge is 0.489 e. The molecule has 4 amide bonds. The monoisotopic (exact) mass is 850 g/mol. The number of halogens is 2. The number of pyridine rings is 1. The number of nitrogens with one attached hydrogen (secondary N) is 2. The van der Waals surface area contributed by atoms with Crippen LogP contribution in [-0.2, 0) is 16.1 Å². The second-order valence-corrected chi connectivity index (χ2v) is 19.4. The molecule has 3 aromatic rings. The minimum atomic E-state index is -0.731. The van der Waals surface area contributed by atoms with E-state index in [1.54, 1.807) is 24.4 Å². The van der Waals surface area contributed by atoms with E-state index in [1.807, 2.05) is 18.2 Å². The maximum atomic E-state index is 15.8. The van der Waals surface area contributed by atoms with Crippen molar-refractivity contribution in [1.82, 2.24) is 25.4 Å². The number of amides is 4. The van der Waals surface area contributed by atoms with Gasteiger partial charge in [-0.15, -0.1) is 0 Å². The number of fused-ring (bicyclic) bond motifs is 3. The van der Waals surface area contributed by atoms with Gasteiger partial charge in [-0.25, -0.2) is 14.2 Å². The van der Waals surface area contributed by atoms with E-state index in [9.17, 15) is 19.2 Å². The zero-order valence-corrected chi connectivity index (χ0v) is 35.8. The summed E-state index contributed by atoms with van der Waals surface area (Å²) in [6, 6.07) is 11.5. The Morgan fingerprint density at radius 1 is 1.00 bits per heavy atom. The van der Waals surface area contributed by atoms with Gasteiger partial charge in [0.15, 0.2) is 0 Å². The Hall–Kier alpha value is -5.26. The molecule has 9 rings (SSSR count). The fraction of sp³-hybridized carbons (Fsp3) is 0.522. The average molecular weight is 851 g/mol. The number of anilines is 2. The minimum absolute atomic E-state index is 0.153. The highest BCUT2D eigenvalue weighted by Crippen LogP contribution is 2.56. The summed E-state index contributed by atoms with van der Waals surface area (Å²) in [7, 11) is 0. The number of hydrogen-bond donors (Lipinski definition) is 2. The zero-order chi connectivity index (χ0) is 43.0. The topological polar surface area (TPSA) is 132 Å². The zero-order valence-electron chi connectivity index (χ0n) is 35.0. The lowest BCUT2D eigenvalue weighted by atomic mass is 9.49. The predicted octanol–water partition coefficient (Wildman–Crippen LogP) is 6.37. The highest BCUT2D eigenvalue weighted by Gasteiger charge is 2.64. The molecule has 2 bridgehead atoms. The molecule has 61 heavy (non-hydrogen) atoms. The number of imide groups is 1. The standard InChI is InChI=1S/C46H52ClFN8O5/c1-45(2)43(46(3,4)44(45)61-31-9-10-35(49-5)33(47)19-31)52-40(58)27-6-12-38(50-21-27)54-16-14-26(15-17-54)22-53-24-29-7-8-30(25-53)56(29)37-18-28-23-55(42(60)32(28)20-34(37)48)36-11-13-39(57)51-41(36)59/h6,9-10,12,18-21,26,29-30,36,43-44H,7-8,11,13-17,22-25H2,1-4H3,(H,52,58)(H,51,57,59). The predicted molar refractivity (Wildman–Crippen MR) is 228 cm³/mol. The molecule has 5 fully saturated rings. The van der Waals surface area contributed by atoms with Crippen molar-refractivity contribution in [3.8, 4) is 5.75 Å². The number of benzene rings is 2. The first-order valence-corrected chi connectivity index (χ1v) is 21.8. The molecule has 1 aliphatic carbocycles. The second kappa shape index (κ2) is 15.6. The summed E-state index contributed by atoms with van der Waals surface area (Å²) in [5.41, 5.74) is 1.70. The van der Waals surface area contributed by atoms with Crippen molar-refractivity contribution in [1.29, 1.82) is 0 Å². The van der Waals surface area contributed by atoms with E-state index in [-0.39, 0.29) is 72.2 Å². The number of aromatic nitrogens is 1. The van der Waals surface area contributed by atoms with Crippen molar-refractivity contribution in [2.24, 2.45) is 16.7 Å². The van der Waals surface area contributed by atoms with E-state index in [2.05, 4.69) is 57.9 Å². The van der Waals surface area contributed by atoms with E-state index in [0.29, 0.717) is 39.2 Å². The molecular formula is C46H52ClFN8O5. The smallest absolute Gasteiger partial charge is 0.255 e. The Bertz CT molecular complexity index is 2290. The normalized spacial score (nSPS) is 27.0. The first kappa shape index (κ1) is 41.1. The number of ether oxygens (including phenoxy) is 1. The molecule has 15 heteroatoms. The van der Waals surface area contributed by atoms with Crippen molar-refractivity contribution in [2.75, 3.05) is 42.5 Å². The number of hydrogen-bond acceptors (Lipinski definition) is 9. The van der Waals surface area contributed by atoms with Crippen molar-refractivity contribution in [3.63, 3.8) is 0 Å². The molecule has 1 saturated carbocycles. The summed E-state index contributed by atoms with van der Waals surface area (Å²) < 4.78 is 22.2. The van der Waals surface area contributed by atoms with Gasteiger partial charge in [0.05, 0.1) is 22.8 Å². The molecule has 3 atom stereocenters. The number of rotatable bonds is 9. The Labute approximate surface area is 360 Å². The lowest BCUT2D eigenvalue weighted by Gasteiger charge is -2.63. The van der Waals surface area contributed by atoms with Gasteiger partial charge in [-0.05, 0) is 80.0 Å². The fourth-order valence-electron chi connectivity index (χ4n) is 11.5. The number of likely N-dealkylation sites (tertiary alicyclic amines) is 1. The first-order valence-electron chi connectivity index (χ1n) is 21.5. The molecule has 6 aliphatic rings. The molecule has 4 saturated heterocycles. The Kier molecular flexibility index (Phi) is 10.5. The fourth-order valence-corrected chi connectivity index (χ4v) is 11.7. The first-order chi connectivity index (χ1) is 29.1. The summed E-state index contributed by atoms with van der Waals surface area (Å²) in [4.78, 5) is 67.7. The minimum Gasteiger partial charge on any atom is -0.489 e. The molecule has 5 aliphatic heterocycles. The van der Waals surface area contributed by atoms with E-state index in [1.165, 1.54) is 11.0 Å². The Balaban J connectivity index is 0.758. The van der Waals surface area contributed by atoms with Gasteiger partial charge in [0.2, 0.25) is 17.5 Å². The van der Waals surface area contributed by atoms with Gasteiger partial charge in [-0.3, -0.25) is 29.4 Å². The molecule has 320 valence electrons. The van der Waals surface area contributed by atoms with Crippen LogP contribution in [0.4, 0.5) is 21.6 Å². The molecule has 0 radical (unpaired) electrons. The quantitative estimate of drug-likeness (QED) is 0.186. The number of carbonyl (C=O) groups excluding carboxylic acids is 4.